The molecule has 23 heavy (non-hydrogen) atoms. The molecule has 0 saturated carbocycles. The van der Waals surface area contributed by atoms with Gasteiger partial charge in [0.2, 0.25) is 10.0 Å². The zero-order valence-corrected chi connectivity index (χ0v) is 15.8. The minimum absolute atomic E-state index is 0.00510. The van der Waals surface area contributed by atoms with Gasteiger partial charge in [-0.25, -0.2) is 16.8 Å². The average Bonchev–Trinajstić information content (AvgIpc) is 2.43. The van der Waals surface area contributed by atoms with E-state index in [0.29, 0.717) is 0 Å². The first kappa shape index (κ1) is 20.1. The Morgan fingerprint density at radius 2 is 1.48 bits per heavy atom. The van der Waals surface area contributed by atoms with Gasteiger partial charge >= 0.3 is 0 Å². The van der Waals surface area contributed by atoms with Crippen LogP contribution in [0, 0.1) is 0 Å². The lowest BCUT2D eigenvalue weighted by Gasteiger charge is -2.31. The summed E-state index contributed by atoms with van der Waals surface area (Å²) in [6.45, 7) is 7.99. The Labute approximate surface area is 139 Å². The third-order valence-corrected chi connectivity index (χ3v) is 7.07. The highest BCUT2D eigenvalue weighted by atomic mass is 32.2. The van der Waals surface area contributed by atoms with Crippen LogP contribution >= 0.6 is 0 Å². The quantitative estimate of drug-likeness (QED) is 0.795. The van der Waals surface area contributed by atoms with Gasteiger partial charge in [-0.3, -0.25) is 0 Å². The molecule has 0 fully saturated rings. The van der Waals surface area contributed by atoms with E-state index in [1.54, 1.807) is 13.8 Å². The molecular formula is C15H25NO5S2. The van der Waals surface area contributed by atoms with E-state index in [1.807, 2.05) is 0 Å². The van der Waals surface area contributed by atoms with E-state index in [1.165, 1.54) is 49.3 Å². The van der Waals surface area contributed by atoms with E-state index in [-0.39, 0.29) is 28.1 Å². The van der Waals surface area contributed by atoms with E-state index in [4.69, 9.17) is 0 Å². The number of sulfonamides is 1. The first-order valence-electron chi connectivity index (χ1n) is 7.38. The van der Waals surface area contributed by atoms with Crippen molar-refractivity contribution in [2.45, 2.75) is 56.1 Å². The molecule has 0 atom stereocenters. The fraction of sp³-hybridized carbons (Fsp3) is 0.600. The summed E-state index contributed by atoms with van der Waals surface area (Å²) in [5, 5.41) is 9.94. The molecule has 0 aliphatic carbocycles. The molecular weight excluding hydrogens is 338 g/mol. The summed E-state index contributed by atoms with van der Waals surface area (Å²) in [6.07, 6.45) is 0. The average molecular weight is 364 g/mol. The number of rotatable bonds is 7. The van der Waals surface area contributed by atoms with Crippen molar-refractivity contribution in [3.63, 3.8) is 0 Å². The third kappa shape index (κ3) is 5.00. The number of aliphatic hydroxyl groups is 1. The first-order valence-corrected chi connectivity index (χ1v) is 10.5. The number of hydrogen-bond donors (Lipinski definition) is 1. The molecule has 0 heterocycles. The molecule has 0 aliphatic heterocycles. The van der Waals surface area contributed by atoms with Crippen LogP contribution in [0.3, 0.4) is 0 Å². The smallest absolute Gasteiger partial charge is 0.243 e. The molecule has 8 heteroatoms. The van der Waals surface area contributed by atoms with Gasteiger partial charge in [0.1, 0.15) is 0 Å². The van der Waals surface area contributed by atoms with Crippen LogP contribution in [0.15, 0.2) is 34.1 Å². The van der Waals surface area contributed by atoms with Crippen LogP contribution in [-0.4, -0.2) is 50.2 Å². The lowest BCUT2D eigenvalue weighted by Crippen LogP contribution is -2.45. The van der Waals surface area contributed by atoms with E-state index >= 15 is 0 Å². The number of sulfone groups is 1. The van der Waals surface area contributed by atoms with Crippen LogP contribution in [0.25, 0.3) is 0 Å². The summed E-state index contributed by atoms with van der Waals surface area (Å²) >= 11 is 0. The van der Waals surface area contributed by atoms with E-state index < -0.39 is 25.5 Å². The molecule has 1 rings (SSSR count). The predicted octanol–water partition coefficient (Wildman–Crippen LogP) is 1.65. The summed E-state index contributed by atoms with van der Waals surface area (Å²) in [4.78, 5) is 0.100. The van der Waals surface area contributed by atoms with Gasteiger partial charge in [0.15, 0.2) is 9.84 Å². The summed E-state index contributed by atoms with van der Waals surface area (Å²) in [7, 11) is -7.20. The van der Waals surface area contributed by atoms with Crippen molar-refractivity contribution in [1.82, 2.24) is 4.31 Å². The Bertz CT molecular complexity index is 729. The molecule has 0 aliphatic rings. The van der Waals surface area contributed by atoms with Gasteiger partial charge in [-0.05, 0) is 52.0 Å². The maximum atomic E-state index is 12.7. The second-order valence-electron chi connectivity index (χ2n) is 6.33. The molecule has 132 valence electrons. The van der Waals surface area contributed by atoms with Gasteiger partial charge in [-0.2, -0.15) is 4.31 Å². The Hall–Kier alpha value is -0.960. The lowest BCUT2D eigenvalue weighted by molar-refractivity contribution is 0.0532. The van der Waals surface area contributed by atoms with Crippen molar-refractivity contribution in [2.24, 2.45) is 0 Å². The molecule has 0 radical (unpaired) electrons. The van der Waals surface area contributed by atoms with Gasteiger partial charge < -0.3 is 5.11 Å². The number of benzene rings is 1. The zero-order valence-electron chi connectivity index (χ0n) is 14.1. The molecule has 0 amide bonds. The SMILES string of the molecule is CCS(=O)(=O)c1ccc(S(=O)(=O)N(CC(C)(C)O)C(C)C)cc1. The molecule has 1 aromatic carbocycles. The van der Waals surface area contributed by atoms with Gasteiger partial charge in [0, 0.05) is 12.6 Å². The highest BCUT2D eigenvalue weighted by molar-refractivity contribution is 7.91. The van der Waals surface area contributed by atoms with Crippen molar-refractivity contribution < 1.29 is 21.9 Å². The highest BCUT2D eigenvalue weighted by Gasteiger charge is 2.31. The molecule has 6 nitrogen and oxygen atoms in total. The Morgan fingerprint density at radius 1 is 1.04 bits per heavy atom. The molecule has 0 bridgehead atoms. The summed E-state index contributed by atoms with van der Waals surface area (Å²) < 4.78 is 50.3. The maximum Gasteiger partial charge on any atom is 0.243 e. The Kier molecular flexibility index (Phi) is 6.01. The molecule has 0 saturated heterocycles. The van der Waals surface area contributed by atoms with Crippen LogP contribution in [0.4, 0.5) is 0 Å². The molecule has 0 aromatic heterocycles. The standard InChI is InChI=1S/C15H25NO5S2/c1-6-22(18,19)13-7-9-14(10-8-13)23(20,21)16(12(2)3)11-15(4,5)17/h7-10,12,17H,6,11H2,1-5H3. The largest absolute Gasteiger partial charge is 0.389 e. The number of nitrogens with zero attached hydrogens (tertiary/aromatic N) is 1. The number of hydrogen-bond acceptors (Lipinski definition) is 5. The topological polar surface area (TPSA) is 91.8 Å². The maximum absolute atomic E-state index is 12.7. The van der Waals surface area contributed by atoms with E-state index in [2.05, 4.69) is 0 Å². The second kappa shape index (κ2) is 6.88. The van der Waals surface area contributed by atoms with Crippen molar-refractivity contribution >= 4 is 19.9 Å². The normalized spacial score (nSPS) is 13.7. The van der Waals surface area contributed by atoms with Gasteiger partial charge in [-0.15, -0.1) is 0 Å². The van der Waals surface area contributed by atoms with Crippen LogP contribution in [0.2, 0.25) is 0 Å². The van der Waals surface area contributed by atoms with Crippen molar-refractivity contribution in [3.8, 4) is 0 Å². The van der Waals surface area contributed by atoms with Crippen LogP contribution in [0.5, 0.6) is 0 Å². The van der Waals surface area contributed by atoms with Crippen LogP contribution in [0.1, 0.15) is 34.6 Å². The highest BCUT2D eigenvalue weighted by Crippen LogP contribution is 2.22. The first-order chi connectivity index (χ1) is 10.3. The Balaban J connectivity index is 3.26. The fourth-order valence-electron chi connectivity index (χ4n) is 2.05. The minimum Gasteiger partial charge on any atom is -0.389 e. The lowest BCUT2D eigenvalue weighted by atomic mass is 10.1. The van der Waals surface area contributed by atoms with Gasteiger partial charge in [-0.1, -0.05) is 6.92 Å². The predicted molar refractivity (Wildman–Crippen MR) is 89.5 cm³/mol. The van der Waals surface area contributed by atoms with Crippen molar-refractivity contribution in [3.05, 3.63) is 24.3 Å². The van der Waals surface area contributed by atoms with Gasteiger partial charge in [0.25, 0.3) is 0 Å². The summed E-state index contributed by atoms with van der Waals surface area (Å²) in [5.41, 5.74) is -1.18. The van der Waals surface area contributed by atoms with Gasteiger partial charge in [0.05, 0.1) is 21.1 Å². The molecule has 1 N–H and O–H groups in total. The van der Waals surface area contributed by atoms with Crippen molar-refractivity contribution in [2.75, 3.05) is 12.3 Å². The fourth-order valence-corrected chi connectivity index (χ4v) is 4.72. The molecule has 0 spiro atoms. The van der Waals surface area contributed by atoms with Crippen LogP contribution < -0.4 is 0 Å². The van der Waals surface area contributed by atoms with E-state index in [9.17, 15) is 21.9 Å². The second-order valence-corrected chi connectivity index (χ2v) is 10.5. The zero-order chi connectivity index (χ0) is 18.1. The molecule has 1 aromatic rings. The summed E-state index contributed by atoms with van der Waals surface area (Å²) in [5.74, 6) is -0.0457. The van der Waals surface area contributed by atoms with Crippen molar-refractivity contribution in [1.29, 1.82) is 0 Å². The molecule has 0 unspecified atom stereocenters. The minimum atomic E-state index is -3.82. The third-order valence-electron chi connectivity index (χ3n) is 3.29. The monoisotopic (exact) mass is 363 g/mol. The summed E-state index contributed by atoms with van der Waals surface area (Å²) in [6, 6.07) is 4.84. The Morgan fingerprint density at radius 3 is 1.83 bits per heavy atom. The van der Waals surface area contributed by atoms with E-state index in [0.717, 1.165) is 0 Å². The van der Waals surface area contributed by atoms with Crippen LogP contribution in [-0.2, 0) is 19.9 Å².